The fraction of sp³-hybridized carbons (Fsp3) is 0.300. The standard InChI is InChI=1S/C20H25N3O5S/c1-14(24)21-17(15-8-6-5-7-9-15)13-20(25)22-16-10-11-18(28-4)19(12-16)29(26,27)23(2)3/h5-12,17H,13H2,1-4H3,(H,21,24)(H,22,25)/t17-/m1/s1. The molecule has 8 nitrogen and oxygen atoms in total. The highest BCUT2D eigenvalue weighted by Crippen LogP contribution is 2.29. The molecule has 0 saturated carbocycles. The molecule has 0 aliphatic heterocycles. The highest BCUT2D eigenvalue weighted by Gasteiger charge is 2.23. The van der Waals surface area contributed by atoms with E-state index < -0.39 is 16.1 Å². The number of nitrogens with one attached hydrogen (secondary N) is 2. The lowest BCUT2D eigenvalue weighted by molar-refractivity contribution is -0.120. The molecule has 0 radical (unpaired) electrons. The summed E-state index contributed by atoms with van der Waals surface area (Å²) in [6.07, 6.45) is -0.00855. The summed E-state index contributed by atoms with van der Waals surface area (Å²) in [4.78, 5) is 24.1. The molecule has 0 saturated heterocycles. The van der Waals surface area contributed by atoms with Gasteiger partial charge in [-0.2, -0.15) is 0 Å². The third kappa shape index (κ3) is 5.78. The van der Waals surface area contributed by atoms with E-state index in [1.165, 1.54) is 40.3 Å². The van der Waals surface area contributed by atoms with Crippen LogP contribution in [0.5, 0.6) is 5.75 Å². The van der Waals surface area contributed by atoms with E-state index in [2.05, 4.69) is 10.6 Å². The molecule has 2 N–H and O–H groups in total. The molecule has 0 spiro atoms. The molecule has 0 aliphatic carbocycles. The molecule has 156 valence electrons. The Labute approximate surface area is 170 Å². The highest BCUT2D eigenvalue weighted by molar-refractivity contribution is 7.89. The number of hydrogen-bond acceptors (Lipinski definition) is 5. The van der Waals surface area contributed by atoms with Crippen molar-refractivity contribution >= 4 is 27.5 Å². The first-order chi connectivity index (χ1) is 13.6. The first-order valence-electron chi connectivity index (χ1n) is 8.87. The topological polar surface area (TPSA) is 105 Å². The van der Waals surface area contributed by atoms with E-state index >= 15 is 0 Å². The summed E-state index contributed by atoms with van der Waals surface area (Å²) in [5, 5.41) is 5.45. The quantitative estimate of drug-likeness (QED) is 0.682. The number of nitrogens with zero attached hydrogens (tertiary/aromatic N) is 1. The number of ether oxygens (including phenoxy) is 1. The normalized spacial score (nSPS) is 12.3. The Morgan fingerprint density at radius 3 is 2.31 bits per heavy atom. The van der Waals surface area contributed by atoms with E-state index in [1.807, 2.05) is 30.3 Å². The highest BCUT2D eigenvalue weighted by atomic mass is 32.2. The molecule has 2 rings (SSSR count). The summed E-state index contributed by atoms with van der Waals surface area (Å²) >= 11 is 0. The number of sulfonamides is 1. The van der Waals surface area contributed by atoms with E-state index in [0.29, 0.717) is 5.69 Å². The molecule has 0 heterocycles. The Kier molecular flexibility index (Phi) is 7.35. The molecule has 29 heavy (non-hydrogen) atoms. The number of hydrogen-bond donors (Lipinski definition) is 2. The van der Waals surface area contributed by atoms with Gasteiger partial charge in [0.15, 0.2) is 0 Å². The van der Waals surface area contributed by atoms with Crippen molar-refractivity contribution in [3.8, 4) is 5.75 Å². The van der Waals surface area contributed by atoms with Gasteiger partial charge in [-0.05, 0) is 23.8 Å². The Bertz CT molecular complexity index is 975. The van der Waals surface area contributed by atoms with Crippen LogP contribution in [0.3, 0.4) is 0 Å². The van der Waals surface area contributed by atoms with Crippen molar-refractivity contribution in [1.29, 1.82) is 0 Å². The van der Waals surface area contributed by atoms with Crippen molar-refractivity contribution in [2.75, 3.05) is 26.5 Å². The Hall–Kier alpha value is -2.91. The van der Waals surface area contributed by atoms with Crippen LogP contribution in [-0.2, 0) is 19.6 Å². The summed E-state index contributed by atoms with van der Waals surface area (Å²) in [5.41, 5.74) is 1.11. The lowest BCUT2D eigenvalue weighted by Gasteiger charge is -2.19. The van der Waals surface area contributed by atoms with Gasteiger partial charge in [-0.15, -0.1) is 0 Å². The van der Waals surface area contributed by atoms with Crippen LogP contribution in [0.2, 0.25) is 0 Å². The zero-order valence-corrected chi connectivity index (χ0v) is 17.6. The van der Waals surface area contributed by atoms with Crippen LogP contribution in [0.15, 0.2) is 53.4 Å². The van der Waals surface area contributed by atoms with Gasteiger partial charge in [0, 0.05) is 26.7 Å². The fourth-order valence-corrected chi connectivity index (χ4v) is 3.81. The molecular formula is C20H25N3O5S. The SMILES string of the molecule is COc1ccc(NC(=O)C[C@@H](NC(C)=O)c2ccccc2)cc1S(=O)(=O)N(C)C. The summed E-state index contributed by atoms with van der Waals surface area (Å²) in [6, 6.07) is 13.0. The molecule has 0 aliphatic rings. The first kappa shape index (κ1) is 22.4. The lowest BCUT2D eigenvalue weighted by atomic mass is 10.0. The van der Waals surface area contributed by atoms with Crippen LogP contribution in [0, 0.1) is 0 Å². The zero-order valence-electron chi connectivity index (χ0n) is 16.8. The Morgan fingerprint density at radius 2 is 1.76 bits per heavy atom. The van der Waals surface area contributed by atoms with Gasteiger partial charge in [0.05, 0.1) is 19.6 Å². The molecule has 0 aromatic heterocycles. The monoisotopic (exact) mass is 419 g/mol. The average Bonchev–Trinajstić information content (AvgIpc) is 2.67. The minimum atomic E-state index is -3.76. The van der Waals surface area contributed by atoms with Crippen molar-refractivity contribution in [2.24, 2.45) is 0 Å². The average molecular weight is 420 g/mol. The van der Waals surface area contributed by atoms with Crippen LogP contribution in [0.1, 0.15) is 24.9 Å². The molecule has 0 fully saturated rings. The number of rotatable bonds is 8. The maximum Gasteiger partial charge on any atom is 0.246 e. The van der Waals surface area contributed by atoms with Crippen LogP contribution >= 0.6 is 0 Å². The number of anilines is 1. The zero-order chi connectivity index (χ0) is 21.6. The summed E-state index contributed by atoms with van der Waals surface area (Å²) < 4.78 is 31.2. The van der Waals surface area contributed by atoms with Gasteiger partial charge in [-0.1, -0.05) is 30.3 Å². The number of benzene rings is 2. The van der Waals surface area contributed by atoms with Crippen molar-refractivity contribution in [1.82, 2.24) is 9.62 Å². The van der Waals surface area contributed by atoms with E-state index in [-0.39, 0.29) is 28.9 Å². The molecule has 1 atom stereocenters. The fourth-order valence-electron chi connectivity index (χ4n) is 2.73. The first-order valence-corrected chi connectivity index (χ1v) is 10.3. The molecule has 2 aromatic carbocycles. The largest absolute Gasteiger partial charge is 0.495 e. The lowest BCUT2D eigenvalue weighted by Crippen LogP contribution is -2.29. The van der Waals surface area contributed by atoms with Gasteiger partial charge in [0.1, 0.15) is 10.6 Å². The third-order valence-corrected chi connectivity index (χ3v) is 6.01. The van der Waals surface area contributed by atoms with Crippen LogP contribution < -0.4 is 15.4 Å². The van der Waals surface area contributed by atoms with Gasteiger partial charge in [-0.25, -0.2) is 12.7 Å². The predicted octanol–water partition coefficient (Wildman–Crippen LogP) is 2.15. The van der Waals surface area contributed by atoms with Crippen molar-refractivity contribution in [3.63, 3.8) is 0 Å². The van der Waals surface area contributed by atoms with Crippen LogP contribution in [0.4, 0.5) is 5.69 Å². The number of methoxy groups -OCH3 is 1. The predicted molar refractivity (Wildman–Crippen MR) is 110 cm³/mol. The smallest absolute Gasteiger partial charge is 0.246 e. The van der Waals surface area contributed by atoms with Gasteiger partial charge >= 0.3 is 0 Å². The number of amides is 2. The third-order valence-electron chi connectivity index (χ3n) is 4.17. The van der Waals surface area contributed by atoms with Crippen LogP contribution in [-0.4, -0.2) is 45.7 Å². The van der Waals surface area contributed by atoms with Crippen LogP contribution in [0.25, 0.3) is 0 Å². The summed E-state index contributed by atoms with van der Waals surface area (Å²) in [6.45, 7) is 1.38. The second-order valence-corrected chi connectivity index (χ2v) is 8.69. The van der Waals surface area contributed by atoms with E-state index in [1.54, 1.807) is 6.07 Å². The second kappa shape index (κ2) is 9.53. The Balaban J connectivity index is 2.24. The van der Waals surface area contributed by atoms with E-state index in [4.69, 9.17) is 4.74 Å². The maximum atomic E-state index is 12.6. The van der Waals surface area contributed by atoms with Gasteiger partial charge in [0.2, 0.25) is 21.8 Å². The molecule has 0 bridgehead atoms. The van der Waals surface area contributed by atoms with Gasteiger partial charge < -0.3 is 15.4 Å². The van der Waals surface area contributed by atoms with Gasteiger partial charge in [-0.3, -0.25) is 9.59 Å². The minimum absolute atomic E-state index is 0.00855. The van der Waals surface area contributed by atoms with Crippen molar-refractivity contribution in [3.05, 3.63) is 54.1 Å². The second-order valence-electron chi connectivity index (χ2n) is 6.57. The molecular weight excluding hydrogens is 394 g/mol. The summed E-state index contributed by atoms with van der Waals surface area (Å²) in [7, 11) is 0.444. The van der Waals surface area contributed by atoms with E-state index in [9.17, 15) is 18.0 Å². The number of carbonyl (C=O) groups excluding carboxylic acids is 2. The molecule has 0 unspecified atom stereocenters. The minimum Gasteiger partial charge on any atom is -0.495 e. The van der Waals surface area contributed by atoms with Crippen molar-refractivity contribution < 1.29 is 22.7 Å². The van der Waals surface area contributed by atoms with Gasteiger partial charge in [0.25, 0.3) is 0 Å². The van der Waals surface area contributed by atoms with Crippen molar-refractivity contribution in [2.45, 2.75) is 24.3 Å². The summed E-state index contributed by atoms with van der Waals surface area (Å²) in [5.74, 6) is -0.446. The number of carbonyl (C=O) groups is 2. The van der Waals surface area contributed by atoms with E-state index in [0.717, 1.165) is 9.87 Å². The molecule has 2 amide bonds. The molecule has 2 aromatic rings. The molecule has 9 heteroatoms. The maximum absolute atomic E-state index is 12.6. The Morgan fingerprint density at radius 1 is 1.10 bits per heavy atom.